The first-order valence-electron chi connectivity index (χ1n) is 8.21. The van der Waals surface area contributed by atoms with Crippen LogP contribution < -0.4 is 10.1 Å². The largest absolute Gasteiger partial charge is 0.497 e. The molecule has 0 spiro atoms. The van der Waals surface area contributed by atoms with Gasteiger partial charge >= 0.3 is 6.18 Å². The molecule has 1 heterocycles. The maximum absolute atomic E-state index is 12.3. The summed E-state index contributed by atoms with van der Waals surface area (Å²) < 4.78 is 41.8. The van der Waals surface area contributed by atoms with E-state index in [4.69, 9.17) is 4.74 Å². The molecule has 1 aromatic carbocycles. The second kappa shape index (κ2) is 9.16. The fourth-order valence-corrected chi connectivity index (χ4v) is 3.56. The van der Waals surface area contributed by atoms with Crippen molar-refractivity contribution in [3.05, 3.63) is 24.3 Å². The summed E-state index contributed by atoms with van der Waals surface area (Å²) in [5.41, 5.74) is 0. The average molecular weight is 390 g/mol. The summed E-state index contributed by atoms with van der Waals surface area (Å²) in [6.45, 7) is -0.978. The normalized spacial score (nSPS) is 17.2. The maximum atomic E-state index is 12.3. The van der Waals surface area contributed by atoms with E-state index < -0.39 is 24.7 Å². The number of amides is 2. The molecule has 1 N–H and O–H groups in total. The third-order valence-electron chi connectivity index (χ3n) is 3.98. The molecule has 2 rings (SSSR count). The van der Waals surface area contributed by atoms with Crippen molar-refractivity contribution in [1.82, 2.24) is 10.2 Å². The van der Waals surface area contributed by atoms with E-state index in [1.54, 1.807) is 7.11 Å². The van der Waals surface area contributed by atoms with Gasteiger partial charge in [0.1, 0.15) is 18.3 Å². The van der Waals surface area contributed by atoms with Crippen LogP contribution in [0.4, 0.5) is 13.2 Å². The van der Waals surface area contributed by atoms with Gasteiger partial charge in [-0.05, 0) is 37.1 Å². The van der Waals surface area contributed by atoms with Crippen molar-refractivity contribution in [3.63, 3.8) is 0 Å². The van der Waals surface area contributed by atoms with E-state index in [9.17, 15) is 22.8 Å². The molecule has 1 aliphatic rings. The molecule has 2 amide bonds. The molecule has 0 radical (unpaired) electrons. The molecule has 1 aromatic rings. The van der Waals surface area contributed by atoms with E-state index in [1.807, 2.05) is 29.6 Å². The number of halogens is 3. The molecule has 1 aliphatic heterocycles. The van der Waals surface area contributed by atoms with Gasteiger partial charge < -0.3 is 15.0 Å². The molecule has 0 aromatic heterocycles. The number of nitrogens with one attached hydrogen (secondary N) is 1. The summed E-state index contributed by atoms with van der Waals surface area (Å²) in [7, 11) is 1.58. The fourth-order valence-electron chi connectivity index (χ4n) is 2.71. The Morgan fingerprint density at radius 2 is 2.00 bits per heavy atom. The molecule has 0 saturated carbocycles. The van der Waals surface area contributed by atoms with Crippen LogP contribution in [0.5, 0.6) is 5.75 Å². The van der Waals surface area contributed by atoms with Crippen LogP contribution in [0.2, 0.25) is 0 Å². The minimum absolute atomic E-state index is 0.212. The highest BCUT2D eigenvalue weighted by Crippen LogP contribution is 2.24. The van der Waals surface area contributed by atoms with E-state index in [1.165, 1.54) is 16.7 Å². The molecule has 144 valence electrons. The Labute approximate surface area is 154 Å². The van der Waals surface area contributed by atoms with Crippen LogP contribution in [0.15, 0.2) is 29.2 Å². The number of hydrogen-bond donors (Lipinski definition) is 1. The number of carbonyl (C=O) groups is 2. The number of ether oxygens (including phenoxy) is 1. The van der Waals surface area contributed by atoms with Crippen LogP contribution >= 0.6 is 11.8 Å². The number of methoxy groups -OCH3 is 1. The second-order valence-electron chi connectivity index (χ2n) is 5.85. The van der Waals surface area contributed by atoms with Crippen molar-refractivity contribution in [3.8, 4) is 5.75 Å². The van der Waals surface area contributed by atoms with Gasteiger partial charge in [-0.1, -0.05) is 0 Å². The van der Waals surface area contributed by atoms with E-state index in [2.05, 4.69) is 0 Å². The minimum atomic E-state index is -4.46. The molecule has 1 fully saturated rings. The number of likely N-dealkylation sites (tertiary alicyclic amines) is 1. The molecule has 1 unspecified atom stereocenters. The standard InChI is InChI=1S/C17H21F3N2O3S/c1-25-12-4-6-13(7-5-12)26-10-8-15(23)22-9-2-3-14(22)16(24)21-11-17(18,19)20/h4-7,14H,2-3,8-11H2,1H3,(H,21,24). The first kappa shape index (κ1) is 20.4. The van der Waals surface area contributed by atoms with Crippen LogP contribution in [0.25, 0.3) is 0 Å². The van der Waals surface area contributed by atoms with Crippen LogP contribution in [0.1, 0.15) is 19.3 Å². The van der Waals surface area contributed by atoms with E-state index in [-0.39, 0.29) is 12.3 Å². The van der Waals surface area contributed by atoms with Gasteiger partial charge in [0.25, 0.3) is 0 Å². The number of nitrogens with zero attached hydrogens (tertiary/aromatic N) is 1. The quantitative estimate of drug-likeness (QED) is 0.728. The Hall–Kier alpha value is -1.90. The third kappa shape index (κ3) is 6.12. The summed E-state index contributed by atoms with van der Waals surface area (Å²) in [6, 6.07) is 6.61. The highest BCUT2D eigenvalue weighted by Gasteiger charge is 2.36. The first-order valence-corrected chi connectivity index (χ1v) is 9.19. The van der Waals surface area contributed by atoms with Gasteiger partial charge in [0.15, 0.2) is 0 Å². The lowest BCUT2D eigenvalue weighted by Gasteiger charge is -2.24. The lowest BCUT2D eigenvalue weighted by molar-refractivity contribution is -0.144. The Bertz CT molecular complexity index is 623. The van der Waals surface area contributed by atoms with Crippen molar-refractivity contribution in [2.24, 2.45) is 0 Å². The lowest BCUT2D eigenvalue weighted by Crippen LogP contribution is -2.48. The van der Waals surface area contributed by atoms with Gasteiger partial charge in [0, 0.05) is 23.6 Å². The first-order chi connectivity index (χ1) is 12.3. The zero-order valence-electron chi connectivity index (χ0n) is 14.3. The van der Waals surface area contributed by atoms with Crippen molar-refractivity contribution in [2.75, 3.05) is 26.0 Å². The lowest BCUT2D eigenvalue weighted by atomic mass is 10.2. The molecule has 0 bridgehead atoms. The van der Waals surface area contributed by atoms with E-state index in [0.29, 0.717) is 25.1 Å². The zero-order valence-corrected chi connectivity index (χ0v) is 15.2. The Kier molecular flexibility index (Phi) is 7.19. The molecule has 5 nitrogen and oxygen atoms in total. The van der Waals surface area contributed by atoms with Gasteiger partial charge in [-0.2, -0.15) is 13.2 Å². The van der Waals surface area contributed by atoms with Crippen molar-refractivity contribution < 1.29 is 27.5 Å². The topological polar surface area (TPSA) is 58.6 Å². The Morgan fingerprint density at radius 1 is 1.31 bits per heavy atom. The zero-order chi connectivity index (χ0) is 19.2. The summed E-state index contributed by atoms with van der Waals surface area (Å²) >= 11 is 1.50. The number of hydrogen-bond acceptors (Lipinski definition) is 4. The van der Waals surface area contributed by atoms with Gasteiger partial charge in [0.2, 0.25) is 11.8 Å². The molecule has 9 heteroatoms. The van der Waals surface area contributed by atoms with Crippen LogP contribution in [-0.4, -0.2) is 54.9 Å². The number of rotatable bonds is 7. The molecule has 1 atom stereocenters. The van der Waals surface area contributed by atoms with Crippen molar-refractivity contribution in [2.45, 2.75) is 36.4 Å². The number of thioether (sulfide) groups is 1. The van der Waals surface area contributed by atoms with Gasteiger partial charge in [-0.25, -0.2) is 0 Å². The Balaban J connectivity index is 1.80. The molecule has 0 aliphatic carbocycles. The summed E-state index contributed by atoms with van der Waals surface area (Å²) in [5, 5.41) is 1.87. The van der Waals surface area contributed by atoms with Gasteiger partial charge in [-0.15, -0.1) is 11.8 Å². The van der Waals surface area contributed by atoms with Gasteiger partial charge in [-0.3, -0.25) is 9.59 Å². The SMILES string of the molecule is COc1ccc(SCCC(=O)N2CCCC2C(=O)NCC(F)(F)F)cc1. The maximum Gasteiger partial charge on any atom is 0.405 e. The fraction of sp³-hybridized carbons (Fsp3) is 0.529. The predicted octanol–water partition coefficient (Wildman–Crippen LogP) is 2.85. The smallest absolute Gasteiger partial charge is 0.405 e. The summed E-state index contributed by atoms with van der Waals surface area (Å²) in [6.07, 6.45) is -3.24. The minimum Gasteiger partial charge on any atom is -0.497 e. The summed E-state index contributed by atoms with van der Waals surface area (Å²) in [5.74, 6) is 0.320. The predicted molar refractivity (Wildman–Crippen MR) is 92.1 cm³/mol. The van der Waals surface area contributed by atoms with Crippen molar-refractivity contribution >= 4 is 23.6 Å². The highest BCUT2D eigenvalue weighted by atomic mass is 32.2. The monoisotopic (exact) mass is 390 g/mol. The van der Waals surface area contributed by atoms with E-state index in [0.717, 1.165) is 10.6 Å². The third-order valence-corrected chi connectivity index (χ3v) is 5.00. The number of carbonyl (C=O) groups excluding carboxylic acids is 2. The van der Waals surface area contributed by atoms with Crippen LogP contribution in [0, 0.1) is 0 Å². The second-order valence-corrected chi connectivity index (χ2v) is 7.02. The van der Waals surface area contributed by atoms with Crippen molar-refractivity contribution in [1.29, 1.82) is 0 Å². The molecule has 1 saturated heterocycles. The van der Waals surface area contributed by atoms with E-state index >= 15 is 0 Å². The number of alkyl halides is 3. The Morgan fingerprint density at radius 3 is 2.62 bits per heavy atom. The average Bonchev–Trinajstić information content (AvgIpc) is 3.09. The molecular formula is C17H21F3N2O3S. The molecule has 26 heavy (non-hydrogen) atoms. The van der Waals surface area contributed by atoms with Gasteiger partial charge in [0.05, 0.1) is 7.11 Å². The number of benzene rings is 1. The summed E-state index contributed by atoms with van der Waals surface area (Å²) in [4.78, 5) is 26.7. The van der Waals surface area contributed by atoms with Crippen LogP contribution in [0.3, 0.4) is 0 Å². The molecular weight excluding hydrogens is 369 g/mol. The van der Waals surface area contributed by atoms with Crippen LogP contribution in [-0.2, 0) is 9.59 Å². The highest BCUT2D eigenvalue weighted by molar-refractivity contribution is 7.99.